The number of hydrogen-bond donors (Lipinski definition) is 1. The first kappa shape index (κ1) is 9.12. The second-order valence-electron chi connectivity index (χ2n) is 2.33. The smallest absolute Gasteiger partial charge is 0.241 e. The highest BCUT2D eigenvalue weighted by Crippen LogP contribution is 2.03. The van der Waals surface area contributed by atoms with Gasteiger partial charge in [0.15, 0.2) is 6.29 Å². The summed E-state index contributed by atoms with van der Waals surface area (Å²) in [6.45, 7) is 0. The number of nitrogens with zero attached hydrogens (tertiary/aromatic N) is 1. The summed E-state index contributed by atoms with van der Waals surface area (Å²) in [6.07, 6.45) is 4.78. The van der Waals surface area contributed by atoms with Crippen molar-refractivity contribution in [2.24, 2.45) is 5.73 Å². The molecule has 1 amide bonds. The van der Waals surface area contributed by atoms with Crippen molar-refractivity contribution in [2.75, 3.05) is 0 Å². The van der Waals surface area contributed by atoms with Crippen molar-refractivity contribution in [1.82, 2.24) is 4.98 Å². The third kappa shape index (κ3) is 2.52. The molecule has 1 aromatic heterocycles. The van der Waals surface area contributed by atoms with Crippen molar-refractivity contribution in [1.29, 1.82) is 0 Å². The molecular weight excluding hydrogens is 168 g/mol. The molecule has 0 aliphatic carbocycles. The Morgan fingerprint density at radius 1 is 1.54 bits per heavy atom. The van der Waals surface area contributed by atoms with Gasteiger partial charge in [0.2, 0.25) is 5.91 Å². The summed E-state index contributed by atoms with van der Waals surface area (Å²) in [5.74, 6) is -0.567. The minimum Gasteiger partial charge on any atom is -0.366 e. The van der Waals surface area contributed by atoms with Gasteiger partial charge in [-0.25, -0.2) is 0 Å². The van der Waals surface area contributed by atoms with Crippen LogP contribution in [0.1, 0.15) is 16.1 Å². The Kier molecular flexibility index (Phi) is 2.92. The van der Waals surface area contributed by atoms with Crippen LogP contribution in [0.2, 0.25) is 0 Å². The number of amides is 1. The highest BCUT2D eigenvalue weighted by atomic mass is 16.1. The largest absolute Gasteiger partial charge is 0.366 e. The average molecular weight is 176 g/mol. The Hall–Kier alpha value is -1.97. The standard InChI is InChI=1S/C9H8N2O2/c10-9(13)4-3-8-7(6-12)2-1-5-11-8/h1-6H,(H2,10,13). The predicted molar refractivity (Wildman–Crippen MR) is 47.9 cm³/mol. The monoisotopic (exact) mass is 176 g/mol. The van der Waals surface area contributed by atoms with Gasteiger partial charge in [0.25, 0.3) is 0 Å². The molecule has 0 aromatic carbocycles. The summed E-state index contributed by atoms with van der Waals surface area (Å²) in [5.41, 5.74) is 5.76. The number of nitrogens with two attached hydrogens (primary N) is 1. The van der Waals surface area contributed by atoms with Gasteiger partial charge in [0.05, 0.1) is 5.69 Å². The van der Waals surface area contributed by atoms with E-state index in [1.807, 2.05) is 0 Å². The van der Waals surface area contributed by atoms with Crippen LogP contribution in [-0.4, -0.2) is 17.2 Å². The SMILES string of the molecule is NC(=O)C=Cc1ncccc1C=O. The van der Waals surface area contributed by atoms with E-state index in [9.17, 15) is 9.59 Å². The van der Waals surface area contributed by atoms with Crippen LogP contribution in [0, 0.1) is 0 Å². The van der Waals surface area contributed by atoms with E-state index in [0.717, 1.165) is 6.08 Å². The Bertz CT molecular complexity index is 358. The van der Waals surface area contributed by atoms with Gasteiger partial charge in [-0.3, -0.25) is 14.6 Å². The first-order valence-corrected chi connectivity index (χ1v) is 3.62. The van der Waals surface area contributed by atoms with Crippen molar-refractivity contribution < 1.29 is 9.59 Å². The molecule has 0 spiro atoms. The van der Waals surface area contributed by atoms with Crippen LogP contribution in [0.5, 0.6) is 0 Å². The first-order valence-electron chi connectivity index (χ1n) is 3.62. The van der Waals surface area contributed by atoms with E-state index in [1.165, 1.54) is 12.3 Å². The van der Waals surface area contributed by atoms with E-state index in [4.69, 9.17) is 5.73 Å². The molecule has 66 valence electrons. The highest BCUT2D eigenvalue weighted by Gasteiger charge is 1.97. The summed E-state index contributed by atoms with van der Waals surface area (Å²) in [5, 5.41) is 0. The third-order valence-corrected chi connectivity index (χ3v) is 1.40. The van der Waals surface area contributed by atoms with Crippen molar-refractivity contribution in [2.45, 2.75) is 0 Å². The number of carbonyl (C=O) groups is 2. The predicted octanol–water partition coefficient (Wildman–Crippen LogP) is 0.393. The lowest BCUT2D eigenvalue weighted by atomic mass is 10.2. The molecule has 0 aliphatic heterocycles. The number of hydrogen-bond acceptors (Lipinski definition) is 3. The van der Waals surface area contributed by atoms with E-state index < -0.39 is 5.91 Å². The molecule has 0 saturated heterocycles. The van der Waals surface area contributed by atoms with Gasteiger partial charge >= 0.3 is 0 Å². The van der Waals surface area contributed by atoms with Gasteiger partial charge < -0.3 is 5.73 Å². The highest BCUT2D eigenvalue weighted by molar-refractivity contribution is 5.91. The lowest BCUT2D eigenvalue weighted by molar-refractivity contribution is -0.113. The average Bonchev–Trinajstić information content (AvgIpc) is 2.15. The quantitative estimate of drug-likeness (QED) is 0.535. The molecule has 1 aromatic rings. The molecular formula is C9H8N2O2. The van der Waals surface area contributed by atoms with Crippen LogP contribution in [-0.2, 0) is 4.79 Å². The van der Waals surface area contributed by atoms with Crippen LogP contribution >= 0.6 is 0 Å². The normalized spacial score (nSPS) is 10.2. The van der Waals surface area contributed by atoms with Gasteiger partial charge in [-0.15, -0.1) is 0 Å². The fraction of sp³-hybridized carbons (Fsp3) is 0. The van der Waals surface area contributed by atoms with Crippen LogP contribution in [0.25, 0.3) is 6.08 Å². The van der Waals surface area contributed by atoms with Crippen LogP contribution in [0.15, 0.2) is 24.4 Å². The van der Waals surface area contributed by atoms with E-state index >= 15 is 0 Å². The number of pyridine rings is 1. The van der Waals surface area contributed by atoms with Crippen molar-refractivity contribution in [3.05, 3.63) is 35.7 Å². The molecule has 13 heavy (non-hydrogen) atoms. The number of aldehydes is 1. The lowest BCUT2D eigenvalue weighted by Crippen LogP contribution is -2.05. The maximum Gasteiger partial charge on any atom is 0.241 e. The molecule has 4 heteroatoms. The molecule has 1 heterocycles. The lowest BCUT2D eigenvalue weighted by Gasteiger charge is -1.94. The van der Waals surface area contributed by atoms with Crippen molar-refractivity contribution in [3.8, 4) is 0 Å². The number of primary amides is 1. The minimum absolute atomic E-state index is 0.431. The zero-order valence-corrected chi connectivity index (χ0v) is 6.81. The fourth-order valence-corrected chi connectivity index (χ4v) is 0.830. The van der Waals surface area contributed by atoms with Gasteiger partial charge in [0, 0.05) is 17.8 Å². The Morgan fingerprint density at radius 2 is 2.31 bits per heavy atom. The van der Waals surface area contributed by atoms with Crippen molar-refractivity contribution >= 4 is 18.3 Å². The minimum atomic E-state index is -0.567. The van der Waals surface area contributed by atoms with Crippen LogP contribution in [0.4, 0.5) is 0 Å². The molecule has 0 fully saturated rings. The Balaban J connectivity index is 3.00. The van der Waals surface area contributed by atoms with Gasteiger partial charge in [-0.1, -0.05) is 0 Å². The van der Waals surface area contributed by atoms with Crippen LogP contribution in [0.3, 0.4) is 0 Å². The molecule has 0 unspecified atom stereocenters. The number of carbonyl (C=O) groups excluding carboxylic acids is 2. The molecule has 1 rings (SSSR count). The summed E-state index contributed by atoms with van der Waals surface area (Å²) < 4.78 is 0. The topological polar surface area (TPSA) is 73.1 Å². The van der Waals surface area contributed by atoms with E-state index in [0.29, 0.717) is 17.5 Å². The van der Waals surface area contributed by atoms with Gasteiger partial charge in [-0.2, -0.15) is 0 Å². The maximum atomic E-state index is 10.5. The first-order chi connectivity index (χ1) is 6.24. The summed E-state index contributed by atoms with van der Waals surface area (Å²) in [7, 11) is 0. The van der Waals surface area contributed by atoms with Gasteiger partial charge in [-0.05, 0) is 18.2 Å². The van der Waals surface area contributed by atoms with Crippen LogP contribution < -0.4 is 5.73 Å². The number of rotatable bonds is 3. The number of aromatic nitrogens is 1. The summed E-state index contributed by atoms with van der Waals surface area (Å²) in [6, 6.07) is 3.26. The second kappa shape index (κ2) is 4.15. The molecule has 0 radical (unpaired) electrons. The molecule has 0 atom stereocenters. The maximum absolute atomic E-state index is 10.5. The molecule has 0 saturated carbocycles. The van der Waals surface area contributed by atoms with E-state index in [-0.39, 0.29) is 0 Å². The Labute approximate surface area is 75.1 Å². The molecule has 4 nitrogen and oxygen atoms in total. The third-order valence-electron chi connectivity index (χ3n) is 1.40. The van der Waals surface area contributed by atoms with E-state index in [1.54, 1.807) is 12.1 Å². The molecule has 0 aliphatic rings. The molecule has 0 bridgehead atoms. The fourth-order valence-electron chi connectivity index (χ4n) is 0.830. The summed E-state index contributed by atoms with van der Waals surface area (Å²) in [4.78, 5) is 24.8. The van der Waals surface area contributed by atoms with E-state index in [2.05, 4.69) is 4.98 Å². The second-order valence-corrected chi connectivity index (χ2v) is 2.33. The van der Waals surface area contributed by atoms with Gasteiger partial charge in [0.1, 0.15) is 0 Å². The summed E-state index contributed by atoms with van der Waals surface area (Å²) >= 11 is 0. The zero-order chi connectivity index (χ0) is 9.68. The Morgan fingerprint density at radius 3 is 2.92 bits per heavy atom. The molecule has 2 N–H and O–H groups in total. The zero-order valence-electron chi connectivity index (χ0n) is 6.81. The van der Waals surface area contributed by atoms with Crippen molar-refractivity contribution in [3.63, 3.8) is 0 Å².